The molecule has 26 heavy (non-hydrogen) atoms. The molecule has 0 bridgehead atoms. The van der Waals surface area contributed by atoms with Gasteiger partial charge in [0.15, 0.2) is 6.61 Å². The van der Waals surface area contributed by atoms with Crippen LogP contribution in [0.15, 0.2) is 48.5 Å². The summed E-state index contributed by atoms with van der Waals surface area (Å²) in [6.45, 7) is 3.68. The molecule has 0 saturated heterocycles. The molecule has 0 atom stereocenters. The zero-order valence-corrected chi connectivity index (χ0v) is 15.2. The molecule has 0 aromatic heterocycles. The Balaban J connectivity index is 1.74. The first-order chi connectivity index (χ1) is 12.7. The lowest BCUT2D eigenvalue weighted by atomic mass is 10.3. The van der Waals surface area contributed by atoms with E-state index in [1.165, 1.54) is 0 Å². The van der Waals surface area contributed by atoms with E-state index in [1.807, 2.05) is 12.1 Å². The van der Waals surface area contributed by atoms with Crippen molar-refractivity contribution in [1.82, 2.24) is 0 Å². The first-order valence-corrected chi connectivity index (χ1v) is 8.58. The highest BCUT2D eigenvalue weighted by Gasteiger charge is 2.05. The molecule has 2 aromatic rings. The van der Waals surface area contributed by atoms with E-state index in [0.29, 0.717) is 31.3 Å². The summed E-state index contributed by atoms with van der Waals surface area (Å²) >= 11 is 0. The zero-order chi connectivity index (χ0) is 18.6. The van der Waals surface area contributed by atoms with Crippen LogP contribution in [0.25, 0.3) is 0 Å². The van der Waals surface area contributed by atoms with Crippen LogP contribution in [0.4, 0.5) is 5.69 Å². The molecular weight excluding hydrogens is 334 g/mol. The van der Waals surface area contributed by atoms with Crippen molar-refractivity contribution < 1.29 is 23.7 Å². The summed E-state index contributed by atoms with van der Waals surface area (Å²) in [5.74, 6) is 1.90. The van der Waals surface area contributed by atoms with Gasteiger partial charge in [-0.3, -0.25) is 4.79 Å². The van der Waals surface area contributed by atoms with Crippen molar-refractivity contribution >= 4 is 11.6 Å². The summed E-state index contributed by atoms with van der Waals surface area (Å²) in [7, 11) is 1.62. The molecule has 0 aliphatic rings. The number of nitrogens with one attached hydrogen (secondary N) is 1. The lowest BCUT2D eigenvalue weighted by Gasteiger charge is -2.10. The van der Waals surface area contributed by atoms with Crippen LogP contribution in [0.2, 0.25) is 0 Å². The van der Waals surface area contributed by atoms with Crippen LogP contribution in [0.1, 0.15) is 13.3 Å². The highest BCUT2D eigenvalue weighted by molar-refractivity contribution is 5.91. The number of carbonyl (C=O) groups excluding carboxylic acids is 1. The van der Waals surface area contributed by atoms with Crippen LogP contribution in [-0.2, 0) is 9.53 Å². The third kappa shape index (κ3) is 7.03. The second kappa shape index (κ2) is 11.0. The summed E-state index contributed by atoms with van der Waals surface area (Å²) in [6.07, 6.45) is 0.957. The third-order valence-electron chi connectivity index (χ3n) is 3.36. The van der Waals surface area contributed by atoms with Crippen molar-refractivity contribution in [3.63, 3.8) is 0 Å². The first-order valence-electron chi connectivity index (χ1n) is 8.58. The smallest absolute Gasteiger partial charge is 0.262 e. The third-order valence-corrected chi connectivity index (χ3v) is 3.36. The van der Waals surface area contributed by atoms with E-state index in [-0.39, 0.29) is 12.5 Å². The number of ether oxygens (including phenoxy) is 4. The van der Waals surface area contributed by atoms with Gasteiger partial charge in [-0.05, 0) is 55.0 Å². The average molecular weight is 359 g/mol. The van der Waals surface area contributed by atoms with Crippen LogP contribution in [0.5, 0.6) is 17.2 Å². The van der Waals surface area contributed by atoms with Gasteiger partial charge in [-0.1, -0.05) is 6.92 Å². The van der Waals surface area contributed by atoms with Crippen LogP contribution in [-0.4, -0.2) is 39.4 Å². The lowest BCUT2D eigenvalue weighted by Crippen LogP contribution is -2.20. The zero-order valence-electron chi connectivity index (χ0n) is 15.2. The number of rotatable bonds is 11. The largest absolute Gasteiger partial charge is 0.494 e. The molecule has 0 radical (unpaired) electrons. The molecule has 6 nitrogen and oxygen atoms in total. The van der Waals surface area contributed by atoms with Crippen molar-refractivity contribution in [1.29, 1.82) is 0 Å². The van der Waals surface area contributed by atoms with Crippen LogP contribution in [0, 0.1) is 0 Å². The summed E-state index contributed by atoms with van der Waals surface area (Å²) in [5, 5.41) is 2.78. The summed E-state index contributed by atoms with van der Waals surface area (Å²) < 4.78 is 21.4. The minimum Gasteiger partial charge on any atom is -0.494 e. The van der Waals surface area contributed by atoms with Gasteiger partial charge in [0, 0.05) is 12.8 Å². The average Bonchev–Trinajstić information content (AvgIpc) is 2.67. The van der Waals surface area contributed by atoms with Gasteiger partial charge >= 0.3 is 0 Å². The van der Waals surface area contributed by atoms with Gasteiger partial charge in [-0.25, -0.2) is 0 Å². The van der Waals surface area contributed by atoms with Crippen molar-refractivity contribution in [3.8, 4) is 17.2 Å². The molecular formula is C20H25NO5. The van der Waals surface area contributed by atoms with Gasteiger partial charge in [0.2, 0.25) is 0 Å². The van der Waals surface area contributed by atoms with Crippen LogP contribution in [0.3, 0.4) is 0 Å². The Morgan fingerprint density at radius 2 is 1.35 bits per heavy atom. The highest BCUT2D eigenvalue weighted by atomic mass is 16.5. The summed E-state index contributed by atoms with van der Waals surface area (Å²) in [4.78, 5) is 12.0. The van der Waals surface area contributed by atoms with E-state index in [4.69, 9.17) is 18.9 Å². The number of benzene rings is 2. The number of hydrogen-bond donors (Lipinski definition) is 1. The molecule has 0 aliphatic heterocycles. The lowest BCUT2D eigenvalue weighted by molar-refractivity contribution is -0.118. The topological polar surface area (TPSA) is 66.0 Å². The number of hydrogen-bond acceptors (Lipinski definition) is 5. The molecule has 1 amide bonds. The van der Waals surface area contributed by atoms with Crippen molar-refractivity contribution in [2.75, 3.05) is 38.9 Å². The molecule has 2 rings (SSSR count). The first kappa shape index (κ1) is 19.6. The molecule has 1 N–H and O–H groups in total. The molecule has 2 aromatic carbocycles. The second-order valence-corrected chi connectivity index (χ2v) is 5.52. The minimum absolute atomic E-state index is 0.0682. The van der Waals surface area contributed by atoms with Gasteiger partial charge in [0.25, 0.3) is 5.91 Å². The standard InChI is InChI=1S/C20H25NO5/c1-3-12-24-18-8-10-19(11-9-18)26-15-20(22)21-16-4-6-17(7-5-16)25-14-13-23-2/h4-11H,3,12-15H2,1-2H3,(H,21,22). The van der Waals surface area contributed by atoms with Crippen LogP contribution >= 0.6 is 0 Å². The number of methoxy groups -OCH3 is 1. The van der Waals surface area contributed by atoms with E-state index in [9.17, 15) is 4.79 Å². The van der Waals surface area contributed by atoms with Gasteiger partial charge in [-0.15, -0.1) is 0 Å². The fraction of sp³-hybridized carbons (Fsp3) is 0.350. The molecule has 140 valence electrons. The summed E-state index contributed by atoms with van der Waals surface area (Å²) in [6, 6.07) is 14.4. The predicted octanol–water partition coefficient (Wildman–Crippen LogP) is 3.52. The molecule has 0 heterocycles. The van der Waals surface area contributed by atoms with E-state index >= 15 is 0 Å². The number of carbonyl (C=O) groups is 1. The fourth-order valence-electron chi connectivity index (χ4n) is 2.08. The predicted molar refractivity (Wildman–Crippen MR) is 100 cm³/mol. The Kier molecular flexibility index (Phi) is 8.29. The Morgan fingerprint density at radius 1 is 0.808 bits per heavy atom. The molecule has 0 fully saturated rings. The van der Waals surface area contributed by atoms with Crippen molar-refractivity contribution in [2.24, 2.45) is 0 Å². The molecule has 6 heteroatoms. The normalized spacial score (nSPS) is 10.2. The second-order valence-electron chi connectivity index (χ2n) is 5.52. The van der Waals surface area contributed by atoms with Gasteiger partial charge in [-0.2, -0.15) is 0 Å². The van der Waals surface area contributed by atoms with Crippen LogP contribution < -0.4 is 19.5 Å². The van der Waals surface area contributed by atoms with Crippen molar-refractivity contribution in [3.05, 3.63) is 48.5 Å². The van der Waals surface area contributed by atoms with E-state index < -0.39 is 0 Å². The van der Waals surface area contributed by atoms with Gasteiger partial charge in [0.1, 0.15) is 23.9 Å². The minimum atomic E-state index is -0.232. The maximum Gasteiger partial charge on any atom is 0.262 e. The molecule has 0 spiro atoms. The van der Waals surface area contributed by atoms with E-state index in [1.54, 1.807) is 43.5 Å². The Bertz CT molecular complexity index is 655. The van der Waals surface area contributed by atoms with E-state index in [0.717, 1.165) is 17.9 Å². The van der Waals surface area contributed by atoms with Crippen molar-refractivity contribution in [2.45, 2.75) is 13.3 Å². The number of amides is 1. The van der Waals surface area contributed by atoms with Gasteiger partial charge in [0.05, 0.1) is 13.2 Å². The maximum absolute atomic E-state index is 12.0. The maximum atomic E-state index is 12.0. The highest BCUT2D eigenvalue weighted by Crippen LogP contribution is 2.18. The van der Waals surface area contributed by atoms with E-state index in [2.05, 4.69) is 12.2 Å². The SMILES string of the molecule is CCCOc1ccc(OCC(=O)Nc2ccc(OCCOC)cc2)cc1. The molecule has 0 aliphatic carbocycles. The quantitative estimate of drug-likeness (QED) is 0.622. The Labute approximate surface area is 154 Å². The Morgan fingerprint density at radius 3 is 1.92 bits per heavy atom. The molecule has 0 saturated carbocycles. The van der Waals surface area contributed by atoms with Gasteiger partial charge < -0.3 is 24.3 Å². The fourth-order valence-corrected chi connectivity index (χ4v) is 2.08. The molecule has 0 unspecified atom stereocenters. The number of anilines is 1. The summed E-state index contributed by atoms with van der Waals surface area (Å²) in [5.41, 5.74) is 0.681. The monoisotopic (exact) mass is 359 g/mol. The Hall–Kier alpha value is -2.73.